The molecule has 0 fully saturated rings. The number of ether oxygens (including phenoxy) is 2. The summed E-state index contributed by atoms with van der Waals surface area (Å²) >= 11 is 0. The van der Waals surface area contributed by atoms with E-state index in [2.05, 4.69) is 0 Å². The van der Waals surface area contributed by atoms with E-state index in [0.29, 0.717) is 11.5 Å². The molecule has 0 heterocycles. The predicted molar refractivity (Wildman–Crippen MR) is 141 cm³/mol. The van der Waals surface area contributed by atoms with Crippen LogP contribution in [0.5, 0.6) is 23.0 Å². The van der Waals surface area contributed by atoms with Crippen LogP contribution in [0.15, 0.2) is 84.9 Å². The lowest BCUT2D eigenvalue weighted by Crippen LogP contribution is -2.18. The van der Waals surface area contributed by atoms with E-state index in [4.69, 9.17) is 9.47 Å². The van der Waals surface area contributed by atoms with E-state index < -0.39 is 15.3 Å². The lowest BCUT2D eigenvalue weighted by Gasteiger charge is -2.26. The first-order valence-corrected chi connectivity index (χ1v) is 11.6. The summed E-state index contributed by atoms with van der Waals surface area (Å²) in [5, 5.41) is 40.6. The highest BCUT2D eigenvalue weighted by Gasteiger charge is 2.23. The van der Waals surface area contributed by atoms with Crippen molar-refractivity contribution in [3.8, 4) is 35.1 Å². The van der Waals surface area contributed by atoms with Gasteiger partial charge in [0.2, 0.25) is 0 Å². The van der Waals surface area contributed by atoms with E-state index in [9.17, 15) is 30.8 Å². The summed E-state index contributed by atoms with van der Waals surface area (Å²) in [5.74, 6) is 1.39. The first-order valence-electron chi connectivity index (χ1n) is 11.6. The smallest absolute Gasteiger partial charge is 0.271 e. The molecule has 4 aromatic rings. The molecule has 192 valence electrons. The Balaban J connectivity index is 1.50. The molecule has 0 aliphatic heterocycles. The van der Waals surface area contributed by atoms with E-state index >= 15 is 0 Å². The Morgan fingerprint density at radius 1 is 0.641 bits per heavy atom. The molecular formula is C29H20N4O6. The standard InChI is InChI=1S/C29H20N4O6/c1-29(2,21-3-9-25(10-4-21)38-27-13-7-23(32(34)35)15-19(27)17-30)22-5-11-26(12-6-22)39-28-14-8-24(33(36)37)16-20(28)18-31/h3-16H,1-2H3. The van der Waals surface area contributed by atoms with Crippen LogP contribution in [0.2, 0.25) is 0 Å². The van der Waals surface area contributed by atoms with Crippen molar-refractivity contribution in [2.24, 2.45) is 0 Å². The minimum absolute atomic E-state index is 0.0616. The maximum atomic E-state index is 11.0. The second kappa shape index (κ2) is 10.7. The van der Waals surface area contributed by atoms with Crippen molar-refractivity contribution >= 4 is 11.4 Å². The summed E-state index contributed by atoms with van der Waals surface area (Å²) < 4.78 is 11.6. The highest BCUT2D eigenvalue weighted by atomic mass is 16.6. The second-order valence-corrected chi connectivity index (χ2v) is 8.98. The summed E-state index contributed by atoms with van der Waals surface area (Å²) in [4.78, 5) is 20.8. The number of nitro benzene ring substituents is 2. The molecule has 0 N–H and O–H groups in total. The van der Waals surface area contributed by atoms with Gasteiger partial charge in [-0.25, -0.2) is 0 Å². The lowest BCUT2D eigenvalue weighted by atomic mass is 9.78. The van der Waals surface area contributed by atoms with Gasteiger partial charge in [-0.1, -0.05) is 38.1 Å². The van der Waals surface area contributed by atoms with Gasteiger partial charge < -0.3 is 9.47 Å². The van der Waals surface area contributed by atoms with Crippen molar-refractivity contribution < 1.29 is 19.3 Å². The summed E-state index contributed by atoms with van der Waals surface area (Å²) in [7, 11) is 0. The van der Waals surface area contributed by atoms with Gasteiger partial charge in [-0.05, 0) is 47.5 Å². The lowest BCUT2D eigenvalue weighted by molar-refractivity contribution is -0.385. The van der Waals surface area contributed by atoms with Crippen molar-refractivity contribution in [1.29, 1.82) is 10.5 Å². The molecule has 0 bridgehead atoms. The summed E-state index contributed by atoms with van der Waals surface area (Å²) in [6, 6.07) is 26.2. The van der Waals surface area contributed by atoms with E-state index in [1.54, 1.807) is 24.3 Å². The van der Waals surface area contributed by atoms with Gasteiger partial charge in [0, 0.05) is 29.7 Å². The number of hydrogen-bond donors (Lipinski definition) is 0. The zero-order chi connectivity index (χ0) is 28.2. The third-order valence-corrected chi connectivity index (χ3v) is 6.20. The first kappa shape index (κ1) is 26.3. The van der Waals surface area contributed by atoms with Crippen LogP contribution < -0.4 is 9.47 Å². The average molecular weight is 521 g/mol. The van der Waals surface area contributed by atoms with Gasteiger partial charge in [-0.2, -0.15) is 10.5 Å². The van der Waals surface area contributed by atoms with Gasteiger partial charge in [0.15, 0.2) is 0 Å². The number of non-ortho nitro benzene ring substituents is 2. The number of rotatable bonds is 8. The fourth-order valence-electron chi connectivity index (χ4n) is 3.92. The van der Waals surface area contributed by atoms with Crippen LogP contribution in [-0.4, -0.2) is 9.85 Å². The van der Waals surface area contributed by atoms with Crippen molar-refractivity contribution in [2.75, 3.05) is 0 Å². The van der Waals surface area contributed by atoms with Crippen LogP contribution in [0, 0.1) is 42.9 Å². The summed E-state index contributed by atoms with van der Waals surface area (Å²) in [6.07, 6.45) is 0. The molecular weight excluding hydrogens is 500 g/mol. The molecule has 0 spiro atoms. The predicted octanol–water partition coefficient (Wildman–Crippen LogP) is 7.16. The van der Waals surface area contributed by atoms with Crippen molar-refractivity contribution in [3.05, 3.63) is 127 Å². The molecule has 0 radical (unpaired) electrons. The number of hydrogen-bond acceptors (Lipinski definition) is 8. The van der Waals surface area contributed by atoms with Crippen LogP contribution in [-0.2, 0) is 5.41 Å². The minimum atomic E-state index is -0.570. The highest BCUT2D eigenvalue weighted by Crippen LogP contribution is 2.36. The third kappa shape index (κ3) is 5.66. The number of nitriles is 2. The molecule has 0 saturated heterocycles. The quantitative estimate of drug-likeness (QED) is 0.175. The molecule has 0 amide bonds. The van der Waals surface area contributed by atoms with E-state index in [0.717, 1.165) is 11.1 Å². The molecule has 0 aliphatic rings. The Morgan fingerprint density at radius 3 is 1.31 bits per heavy atom. The van der Waals surface area contributed by atoms with Gasteiger partial charge in [-0.3, -0.25) is 20.2 Å². The molecule has 0 aromatic heterocycles. The second-order valence-electron chi connectivity index (χ2n) is 8.98. The molecule has 10 heteroatoms. The minimum Gasteiger partial charge on any atom is -0.456 e. The molecule has 0 aliphatic carbocycles. The Hall–Kier alpha value is -5.74. The number of nitro groups is 2. The number of nitrogens with zero attached hydrogens (tertiary/aromatic N) is 4. The van der Waals surface area contributed by atoms with Gasteiger partial charge in [0.1, 0.15) is 46.3 Å². The van der Waals surface area contributed by atoms with E-state index in [1.807, 2.05) is 50.3 Å². The molecule has 10 nitrogen and oxygen atoms in total. The zero-order valence-corrected chi connectivity index (χ0v) is 20.8. The Bertz CT molecular complexity index is 1530. The molecule has 0 unspecified atom stereocenters. The average Bonchev–Trinajstić information content (AvgIpc) is 2.93. The largest absolute Gasteiger partial charge is 0.456 e. The van der Waals surface area contributed by atoms with Crippen LogP contribution in [0.3, 0.4) is 0 Å². The van der Waals surface area contributed by atoms with E-state index in [1.165, 1.54) is 36.4 Å². The normalized spacial score (nSPS) is 10.7. The molecule has 39 heavy (non-hydrogen) atoms. The highest BCUT2D eigenvalue weighted by molar-refractivity contribution is 5.53. The number of benzene rings is 4. The topological polar surface area (TPSA) is 152 Å². The van der Waals surface area contributed by atoms with Gasteiger partial charge in [0.25, 0.3) is 11.4 Å². The van der Waals surface area contributed by atoms with Crippen molar-refractivity contribution in [3.63, 3.8) is 0 Å². The van der Waals surface area contributed by atoms with Gasteiger partial charge >= 0.3 is 0 Å². The van der Waals surface area contributed by atoms with Crippen LogP contribution >= 0.6 is 0 Å². The fourth-order valence-corrected chi connectivity index (χ4v) is 3.92. The molecule has 4 aromatic carbocycles. The fraction of sp³-hybridized carbons (Fsp3) is 0.103. The monoisotopic (exact) mass is 520 g/mol. The van der Waals surface area contributed by atoms with Gasteiger partial charge in [-0.15, -0.1) is 0 Å². The maximum absolute atomic E-state index is 11.0. The van der Waals surface area contributed by atoms with Crippen LogP contribution in [0.4, 0.5) is 11.4 Å². The van der Waals surface area contributed by atoms with Gasteiger partial charge in [0.05, 0.1) is 9.85 Å². The molecule has 4 rings (SSSR count). The Labute approximate surface area is 223 Å². The summed E-state index contributed by atoms with van der Waals surface area (Å²) in [6.45, 7) is 4.10. The maximum Gasteiger partial charge on any atom is 0.271 e. The van der Waals surface area contributed by atoms with E-state index in [-0.39, 0.29) is 34.0 Å². The Morgan fingerprint density at radius 2 is 1.00 bits per heavy atom. The zero-order valence-electron chi connectivity index (χ0n) is 20.8. The van der Waals surface area contributed by atoms with Crippen LogP contribution in [0.25, 0.3) is 0 Å². The SMILES string of the molecule is CC(C)(c1ccc(Oc2ccc([N+](=O)[O-])cc2C#N)cc1)c1ccc(Oc2ccc([N+](=O)[O-])cc2C#N)cc1. The Kier molecular flexibility index (Phi) is 7.23. The molecule has 0 saturated carbocycles. The first-order chi connectivity index (χ1) is 18.6. The summed E-state index contributed by atoms with van der Waals surface area (Å²) in [5.41, 5.74) is 1.30. The van der Waals surface area contributed by atoms with Crippen LogP contribution in [0.1, 0.15) is 36.1 Å². The third-order valence-electron chi connectivity index (χ3n) is 6.20. The van der Waals surface area contributed by atoms with Crippen molar-refractivity contribution in [2.45, 2.75) is 19.3 Å². The molecule has 0 atom stereocenters. The van der Waals surface area contributed by atoms with Crippen molar-refractivity contribution in [1.82, 2.24) is 0 Å².